The first-order valence-electron chi connectivity index (χ1n) is 7.30. The number of rotatable bonds is 5. The van der Waals surface area contributed by atoms with Gasteiger partial charge < -0.3 is 10.1 Å². The molecule has 0 aliphatic rings. The predicted octanol–water partition coefficient (Wildman–Crippen LogP) is 3.73. The predicted molar refractivity (Wildman–Crippen MR) is 83.5 cm³/mol. The molecule has 0 radical (unpaired) electrons. The average Bonchev–Trinajstić information content (AvgIpc) is 3.06. The number of ether oxygens (including phenoxy) is 1. The Balaban J connectivity index is 1.64. The number of carbonyl (C=O) groups is 1. The number of aromatic nitrogens is 2. The molecule has 0 unspecified atom stereocenters. The van der Waals surface area contributed by atoms with Gasteiger partial charge in [0.05, 0.1) is 5.69 Å². The van der Waals surface area contributed by atoms with E-state index in [1.165, 1.54) is 16.9 Å². The Morgan fingerprint density at radius 1 is 1.00 bits per heavy atom. The number of amides is 1. The largest absolute Gasteiger partial charge is 0.468 e. The van der Waals surface area contributed by atoms with Gasteiger partial charge in [-0.05, 0) is 30.3 Å². The average molecular weight is 365 g/mol. The standard InChI is InChI=1S/C17H11F4N3O2/c18-10-1-3-14(12(20)7-10)22-17(25)15-5-6-24(23-15)9-26-16-4-2-11(19)8-13(16)21/h1-8H,9H2,(H,22,25). The second-order valence-corrected chi connectivity index (χ2v) is 5.17. The quantitative estimate of drug-likeness (QED) is 0.701. The molecule has 0 spiro atoms. The van der Waals surface area contributed by atoms with Crippen molar-refractivity contribution in [3.8, 4) is 5.75 Å². The molecule has 0 aliphatic heterocycles. The zero-order valence-electron chi connectivity index (χ0n) is 13.0. The molecule has 1 N–H and O–H groups in total. The second kappa shape index (κ2) is 7.26. The molecule has 134 valence electrons. The highest BCUT2D eigenvalue weighted by Gasteiger charge is 2.13. The van der Waals surface area contributed by atoms with E-state index in [9.17, 15) is 22.4 Å². The Hall–Kier alpha value is -3.36. The van der Waals surface area contributed by atoms with Gasteiger partial charge in [-0.2, -0.15) is 5.10 Å². The Bertz CT molecular complexity index is 959. The summed E-state index contributed by atoms with van der Waals surface area (Å²) in [6.07, 6.45) is 1.39. The van der Waals surface area contributed by atoms with Gasteiger partial charge in [-0.3, -0.25) is 4.79 Å². The number of hydrogen-bond donors (Lipinski definition) is 1. The van der Waals surface area contributed by atoms with Crippen LogP contribution in [-0.4, -0.2) is 15.7 Å². The molecule has 3 aromatic rings. The fraction of sp³-hybridized carbons (Fsp3) is 0.0588. The Morgan fingerprint density at radius 3 is 2.38 bits per heavy atom. The smallest absolute Gasteiger partial charge is 0.276 e. The first-order valence-corrected chi connectivity index (χ1v) is 7.30. The van der Waals surface area contributed by atoms with Crippen LogP contribution < -0.4 is 10.1 Å². The number of nitrogens with zero attached hydrogens (tertiary/aromatic N) is 2. The summed E-state index contributed by atoms with van der Waals surface area (Å²) >= 11 is 0. The second-order valence-electron chi connectivity index (χ2n) is 5.17. The molecule has 0 atom stereocenters. The summed E-state index contributed by atoms with van der Waals surface area (Å²) in [4.78, 5) is 12.0. The number of benzene rings is 2. The lowest BCUT2D eigenvalue weighted by Crippen LogP contribution is -2.15. The van der Waals surface area contributed by atoms with Gasteiger partial charge in [-0.1, -0.05) is 0 Å². The summed E-state index contributed by atoms with van der Waals surface area (Å²) in [5.74, 6) is -4.20. The monoisotopic (exact) mass is 365 g/mol. The van der Waals surface area contributed by atoms with E-state index in [0.29, 0.717) is 12.1 Å². The molecule has 3 rings (SSSR count). The third-order valence-electron chi connectivity index (χ3n) is 3.30. The molecule has 9 heteroatoms. The minimum Gasteiger partial charge on any atom is -0.468 e. The molecular formula is C17H11F4N3O2. The van der Waals surface area contributed by atoms with Crippen molar-refractivity contribution in [1.82, 2.24) is 9.78 Å². The molecule has 1 amide bonds. The molecule has 1 heterocycles. The van der Waals surface area contributed by atoms with Gasteiger partial charge in [-0.25, -0.2) is 22.2 Å². The SMILES string of the molecule is O=C(Nc1ccc(F)cc1F)c1ccn(COc2ccc(F)cc2F)n1. The third-order valence-corrected chi connectivity index (χ3v) is 3.30. The zero-order valence-corrected chi connectivity index (χ0v) is 13.0. The molecule has 0 aliphatic carbocycles. The lowest BCUT2D eigenvalue weighted by molar-refractivity contribution is 0.101. The number of anilines is 1. The van der Waals surface area contributed by atoms with Crippen molar-refractivity contribution in [3.05, 3.63) is 77.6 Å². The van der Waals surface area contributed by atoms with E-state index >= 15 is 0 Å². The molecule has 5 nitrogen and oxygen atoms in total. The number of halogens is 4. The summed E-state index contributed by atoms with van der Waals surface area (Å²) in [7, 11) is 0. The van der Waals surface area contributed by atoms with Gasteiger partial charge in [0.15, 0.2) is 24.0 Å². The van der Waals surface area contributed by atoms with E-state index in [0.717, 1.165) is 24.3 Å². The van der Waals surface area contributed by atoms with Crippen LogP contribution in [0.1, 0.15) is 10.5 Å². The van der Waals surface area contributed by atoms with Crippen LogP contribution in [0.15, 0.2) is 48.7 Å². The minimum absolute atomic E-state index is 0.0584. The van der Waals surface area contributed by atoms with Crippen LogP contribution >= 0.6 is 0 Å². The van der Waals surface area contributed by atoms with Gasteiger partial charge >= 0.3 is 0 Å². The van der Waals surface area contributed by atoms with Crippen LogP contribution in [0.3, 0.4) is 0 Å². The summed E-state index contributed by atoms with van der Waals surface area (Å²) < 4.78 is 59.0. The van der Waals surface area contributed by atoms with E-state index in [4.69, 9.17) is 4.74 Å². The normalized spacial score (nSPS) is 10.6. The molecular weight excluding hydrogens is 354 g/mol. The minimum atomic E-state index is -0.923. The first kappa shape index (κ1) is 17.5. The zero-order chi connectivity index (χ0) is 18.7. The Morgan fingerprint density at radius 2 is 1.69 bits per heavy atom. The topological polar surface area (TPSA) is 56.2 Å². The van der Waals surface area contributed by atoms with Crippen LogP contribution in [-0.2, 0) is 6.73 Å². The highest BCUT2D eigenvalue weighted by molar-refractivity contribution is 6.02. The van der Waals surface area contributed by atoms with Gasteiger partial charge in [0.25, 0.3) is 5.91 Å². The number of nitrogens with one attached hydrogen (secondary N) is 1. The van der Waals surface area contributed by atoms with Crippen molar-refractivity contribution in [3.63, 3.8) is 0 Å². The van der Waals surface area contributed by atoms with Crippen molar-refractivity contribution in [2.45, 2.75) is 6.73 Å². The van der Waals surface area contributed by atoms with Gasteiger partial charge in [0, 0.05) is 18.3 Å². The fourth-order valence-electron chi connectivity index (χ4n) is 2.06. The fourth-order valence-corrected chi connectivity index (χ4v) is 2.06. The van der Waals surface area contributed by atoms with E-state index in [-0.39, 0.29) is 23.9 Å². The maximum atomic E-state index is 13.5. The van der Waals surface area contributed by atoms with Crippen LogP contribution in [0.4, 0.5) is 23.2 Å². The summed E-state index contributed by atoms with van der Waals surface area (Å²) in [5, 5.41) is 6.16. The van der Waals surface area contributed by atoms with Gasteiger partial charge in [0.1, 0.15) is 17.5 Å². The Labute approximate surface area is 144 Å². The van der Waals surface area contributed by atoms with Crippen LogP contribution in [0.2, 0.25) is 0 Å². The molecule has 0 saturated heterocycles. The van der Waals surface area contributed by atoms with Crippen LogP contribution in [0, 0.1) is 23.3 Å². The highest BCUT2D eigenvalue weighted by atomic mass is 19.1. The Kier molecular flexibility index (Phi) is 4.87. The summed E-state index contributed by atoms with van der Waals surface area (Å²) in [5.41, 5.74) is -0.257. The summed E-state index contributed by atoms with van der Waals surface area (Å²) in [6, 6.07) is 6.90. The lowest BCUT2D eigenvalue weighted by Gasteiger charge is -2.07. The van der Waals surface area contributed by atoms with E-state index in [1.807, 2.05) is 0 Å². The van der Waals surface area contributed by atoms with E-state index < -0.39 is 29.2 Å². The highest BCUT2D eigenvalue weighted by Crippen LogP contribution is 2.18. The maximum Gasteiger partial charge on any atom is 0.276 e. The van der Waals surface area contributed by atoms with Gasteiger partial charge in [-0.15, -0.1) is 0 Å². The number of carbonyl (C=O) groups excluding carboxylic acids is 1. The van der Waals surface area contributed by atoms with Crippen LogP contribution in [0.5, 0.6) is 5.75 Å². The van der Waals surface area contributed by atoms with E-state index in [1.54, 1.807) is 0 Å². The van der Waals surface area contributed by atoms with E-state index in [2.05, 4.69) is 10.4 Å². The van der Waals surface area contributed by atoms with Crippen molar-refractivity contribution in [2.75, 3.05) is 5.32 Å². The molecule has 0 saturated carbocycles. The van der Waals surface area contributed by atoms with Gasteiger partial charge in [0.2, 0.25) is 0 Å². The number of hydrogen-bond acceptors (Lipinski definition) is 3. The van der Waals surface area contributed by atoms with Crippen molar-refractivity contribution >= 4 is 11.6 Å². The van der Waals surface area contributed by atoms with Crippen LogP contribution in [0.25, 0.3) is 0 Å². The lowest BCUT2D eigenvalue weighted by atomic mass is 10.3. The van der Waals surface area contributed by atoms with Crippen molar-refractivity contribution in [1.29, 1.82) is 0 Å². The molecule has 0 fully saturated rings. The van der Waals surface area contributed by atoms with Crippen molar-refractivity contribution in [2.24, 2.45) is 0 Å². The molecule has 26 heavy (non-hydrogen) atoms. The summed E-state index contributed by atoms with van der Waals surface area (Å²) in [6.45, 7) is -0.235. The maximum absolute atomic E-state index is 13.5. The van der Waals surface area contributed by atoms with Crippen molar-refractivity contribution < 1.29 is 27.1 Å². The molecule has 2 aromatic carbocycles. The first-order chi connectivity index (χ1) is 12.4. The molecule has 0 bridgehead atoms. The third kappa shape index (κ3) is 4.00. The molecule has 1 aromatic heterocycles.